The van der Waals surface area contributed by atoms with Gasteiger partial charge in [0.15, 0.2) is 11.5 Å². The Kier molecular flexibility index (Phi) is 4.81. The largest absolute Gasteiger partial charge is 0.504 e. The van der Waals surface area contributed by atoms with E-state index in [1.165, 1.54) is 36.8 Å². The lowest BCUT2D eigenvalue weighted by molar-refractivity contribution is -0.384. The smallest absolute Gasteiger partial charge is 0.281 e. The number of thiophene rings is 1. The maximum absolute atomic E-state index is 12.2. The number of carbonyl (C=O) groups excluding carboxylic acids is 1. The van der Waals surface area contributed by atoms with Crippen molar-refractivity contribution >= 4 is 39.2 Å². The van der Waals surface area contributed by atoms with Gasteiger partial charge in [0, 0.05) is 27.8 Å². The maximum Gasteiger partial charge on any atom is 0.281 e. The Morgan fingerprint density at radius 1 is 1.35 bits per heavy atom. The summed E-state index contributed by atoms with van der Waals surface area (Å²) in [5.41, 5.74) is 2.72. The number of nitrogens with zero attached hydrogens (tertiary/aromatic N) is 2. The van der Waals surface area contributed by atoms with Crippen molar-refractivity contribution in [2.24, 2.45) is 5.10 Å². The Hall–Kier alpha value is -3.46. The third-order valence-electron chi connectivity index (χ3n) is 3.55. The second-order valence-corrected chi connectivity index (χ2v) is 6.27. The topological polar surface area (TPSA) is 114 Å². The lowest BCUT2D eigenvalue weighted by Gasteiger charge is -2.04. The molecule has 1 aromatic heterocycles. The van der Waals surface area contributed by atoms with Gasteiger partial charge in [0.05, 0.1) is 23.1 Å². The number of nitro groups is 1. The minimum Gasteiger partial charge on any atom is -0.504 e. The SMILES string of the molecule is COc1cccc(C=NNC(=O)c2cc3cc([N+](=O)[O-])ccc3s2)c1O. The fourth-order valence-electron chi connectivity index (χ4n) is 2.28. The van der Waals surface area contributed by atoms with Crippen LogP contribution in [0.1, 0.15) is 15.2 Å². The molecule has 0 radical (unpaired) electrons. The summed E-state index contributed by atoms with van der Waals surface area (Å²) in [5.74, 6) is -0.235. The Morgan fingerprint density at radius 2 is 2.15 bits per heavy atom. The number of hydrogen-bond acceptors (Lipinski definition) is 7. The molecule has 2 N–H and O–H groups in total. The summed E-state index contributed by atoms with van der Waals surface area (Å²) in [4.78, 5) is 22.9. The van der Waals surface area contributed by atoms with Crippen LogP contribution in [0.4, 0.5) is 5.69 Å². The summed E-state index contributed by atoms with van der Waals surface area (Å²) in [7, 11) is 1.43. The summed E-state index contributed by atoms with van der Waals surface area (Å²) in [5, 5.41) is 25.2. The van der Waals surface area contributed by atoms with Gasteiger partial charge in [-0.15, -0.1) is 11.3 Å². The Balaban J connectivity index is 1.76. The Labute approximate surface area is 151 Å². The molecule has 0 bridgehead atoms. The van der Waals surface area contributed by atoms with Crippen molar-refractivity contribution in [1.29, 1.82) is 0 Å². The number of nitro benzene ring substituents is 1. The van der Waals surface area contributed by atoms with E-state index in [4.69, 9.17) is 4.74 Å². The molecule has 3 rings (SSSR count). The number of hydrogen-bond donors (Lipinski definition) is 2. The van der Waals surface area contributed by atoms with E-state index in [2.05, 4.69) is 10.5 Å². The van der Waals surface area contributed by atoms with Gasteiger partial charge < -0.3 is 9.84 Å². The molecular formula is C17H13N3O5S. The number of phenols is 1. The molecule has 0 saturated heterocycles. The molecule has 2 aromatic carbocycles. The average molecular weight is 371 g/mol. The van der Waals surface area contributed by atoms with E-state index in [-0.39, 0.29) is 11.4 Å². The van der Waals surface area contributed by atoms with Gasteiger partial charge in [-0.05, 0) is 24.3 Å². The first kappa shape index (κ1) is 17.4. The van der Waals surface area contributed by atoms with Gasteiger partial charge in [0.25, 0.3) is 11.6 Å². The highest BCUT2D eigenvalue weighted by Crippen LogP contribution is 2.29. The van der Waals surface area contributed by atoms with Crippen molar-refractivity contribution in [3.8, 4) is 11.5 Å². The first-order valence-electron chi connectivity index (χ1n) is 7.37. The van der Waals surface area contributed by atoms with Gasteiger partial charge in [-0.25, -0.2) is 5.43 Å². The van der Waals surface area contributed by atoms with E-state index in [9.17, 15) is 20.0 Å². The molecule has 8 nitrogen and oxygen atoms in total. The number of non-ortho nitro benzene ring substituents is 1. The summed E-state index contributed by atoms with van der Waals surface area (Å²) >= 11 is 1.20. The fraction of sp³-hybridized carbons (Fsp3) is 0.0588. The van der Waals surface area contributed by atoms with Crippen LogP contribution in [0.2, 0.25) is 0 Å². The molecule has 0 unspecified atom stereocenters. The first-order valence-corrected chi connectivity index (χ1v) is 8.18. The lowest BCUT2D eigenvalue weighted by Crippen LogP contribution is -2.16. The molecule has 0 spiro atoms. The summed E-state index contributed by atoms with van der Waals surface area (Å²) in [6.45, 7) is 0. The number of para-hydroxylation sites is 1. The summed E-state index contributed by atoms with van der Waals surface area (Å²) in [6, 6.07) is 10.9. The number of amides is 1. The number of nitrogens with one attached hydrogen (secondary N) is 1. The van der Waals surface area contributed by atoms with Crippen molar-refractivity contribution in [2.45, 2.75) is 0 Å². The second-order valence-electron chi connectivity index (χ2n) is 5.19. The number of aromatic hydroxyl groups is 1. The second kappa shape index (κ2) is 7.19. The maximum atomic E-state index is 12.2. The van der Waals surface area contributed by atoms with E-state index in [1.54, 1.807) is 30.3 Å². The minimum atomic E-state index is -0.484. The van der Waals surface area contributed by atoms with E-state index in [0.717, 1.165) is 4.70 Å². The van der Waals surface area contributed by atoms with Crippen LogP contribution >= 0.6 is 11.3 Å². The molecule has 0 saturated carbocycles. The van der Waals surface area contributed by atoms with Crippen LogP contribution in [0.5, 0.6) is 11.5 Å². The zero-order valence-electron chi connectivity index (χ0n) is 13.5. The molecule has 132 valence electrons. The van der Waals surface area contributed by atoms with Crippen molar-refractivity contribution in [3.05, 3.63) is 63.0 Å². The van der Waals surface area contributed by atoms with Crippen LogP contribution in [0.25, 0.3) is 10.1 Å². The highest BCUT2D eigenvalue weighted by molar-refractivity contribution is 7.20. The molecule has 0 aliphatic heterocycles. The Bertz CT molecular complexity index is 1030. The molecule has 1 heterocycles. The third-order valence-corrected chi connectivity index (χ3v) is 4.67. The lowest BCUT2D eigenvalue weighted by atomic mass is 10.2. The molecule has 9 heteroatoms. The van der Waals surface area contributed by atoms with E-state index in [1.807, 2.05) is 0 Å². The van der Waals surface area contributed by atoms with Crippen molar-refractivity contribution in [1.82, 2.24) is 5.43 Å². The third kappa shape index (κ3) is 3.47. The molecule has 3 aromatic rings. The van der Waals surface area contributed by atoms with Gasteiger partial charge in [0.2, 0.25) is 0 Å². The van der Waals surface area contributed by atoms with E-state index in [0.29, 0.717) is 21.6 Å². The van der Waals surface area contributed by atoms with Crippen LogP contribution in [0, 0.1) is 10.1 Å². The minimum absolute atomic E-state index is 0.0335. The number of carbonyl (C=O) groups is 1. The van der Waals surface area contributed by atoms with Crippen LogP contribution in [0.3, 0.4) is 0 Å². The highest BCUT2D eigenvalue weighted by Gasteiger charge is 2.13. The van der Waals surface area contributed by atoms with Crippen molar-refractivity contribution < 1.29 is 19.6 Å². The monoisotopic (exact) mass is 371 g/mol. The molecule has 26 heavy (non-hydrogen) atoms. The molecule has 0 atom stereocenters. The Morgan fingerprint density at radius 3 is 2.88 bits per heavy atom. The standard InChI is InChI=1S/C17H13N3O5S/c1-25-13-4-2-3-10(16(13)21)9-18-19-17(22)15-8-11-7-12(20(23)24)5-6-14(11)26-15/h2-9,21H,1H3,(H,19,22). The van der Waals surface area contributed by atoms with Crippen LogP contribution < -0.4 is 10.2 Å². The van der Waals surface area contributed by atoms with Crippen molar-refractivity contribution in [2.75, 3.05) is 7.11 Å². The predicted molar refractivity (Wildman–Crippen MR) is 98.2 cm³/mol. The average Bonchev–Trinajstić information content (AvgIpc) is 3.06. The van der Waals surface area contributed by atoms with Crippen molar-refractivity contribution in [3.63, 3.8) is 0 Å². The van der Waals surface area contributed by atoms with Gasteiger partial charge >= 0.3 is 0 Å². The number of rotatable bonds is 5. The number of ether oxygens (including phenoxy) is 1. The van der Waals surface area contributed by atoms with Gasteiger partial charge in [0.1, 0.15) is 0 Å². The summed E-state index contributed by atoms with van der Waals surface area (Å²) < 4.78 is 5.76. The van der Waals surface area contributed by atoms with E-state index < -0.39 is 10.8 Å². The molecule has 0 aliphatic carbocycles. The van der Waals surface area contributed by atoms with Gasteiger partial charge in [-0.3, -0.25) is 14.9 Å². The number of methoxy groups -OCH3 is 1. The van der Waals surface area contributed by atoms with Crippen LogP contribution in [0.15, 0.2) is 47.6 Å². The normalized spacial score (nSPS) is 11.0. The van der Waals surface area contributed by atoms with Crippen LogP contribution in [-0.4, -0.2) is 29.3 Å². The number of fused-ring (bicyclic) bond motifs is 1. The number of hydrazone groups is 1. The van der Waals surface area contributed by atoms with Crippen LogP contribution in [-0.2, 0) is 0 Å². The molecule has 1 amide bonds. The van der Waals surface area contributed by atoms with Gasteiger partial charge in [-0.1, -0.05) is 6.07 Å². The van der Waals surface area contributed by atoms with Gasteiger partial charge in [-0.2, -0.15) is 5.10 Å². The molecular weight excluding hydrogens is 358 g/mol. The highest BCUT2D eigenvalue weighted by atomic mass is 32.1. The van der Waals surface area contributed by atoms with E-state index >= 15 is 0 Å². The number of benzene rings is 2. The quantitative estimate of drug-likeness (QED) is 0.406. The first-order chi connectivity index (χ1) is 12.5. The predicted octanol–water partition coefficient (Wildman–Crippen LogP) is 3.29. The zero-order valence-corrected chi connectivity index (χ0v) is 14.3. The zero-order chi connectivity index (χ0) is 18.7. The molecule has 0 aliphatic rings. The molecule has 0 fully saturated rings. The summed E-state index contributed by atoms with van der Waals surface area (Å²) in [6.07, 6.45) is 1.30. The number of phenolic OH excluding ortho intramolecular Hbond substituents is 1. The fourth-order valence-corrected chi connectivity index (χ4v) is 3.21.